The molecule has 5 heteroatoms. The van der Waals surface area contributed by atoms with E-state index in [9.17, 15) is 4.79 Å². The van der Waals surface area contributed by atoms with E-state index in [4.69, 9.17) is 5.11 Å². The Bertz CT molecular complexity index is 192. The number of likely N-dealkylation sites (tertiary alicyclic amines) is 1. The summed E-state index contributed by atoms with van der Waals surface area (Å²) >= 11 is 5.15. The topological polar surface area (TPSA) is 40.5 Å². The first-order valence-corrected chi connectivity index (χ1v) is 6.94. The molecular formula is C9H16BrNO2S. The van der Waals surface area contributed by atoms with E-state index in [1.165, 1.54) is 0 Å². The minimum atomic E-state index is 0.0462. The van der Waals surface area contributed by atoms with Crippen molar-refractivity contribution in [1.82, 2.24) is 4.90 Å². The summed E-state index contributed by atoms with van der Waals surface area (Å²) in [5, 5.41) is 8.57. The number of hydrogen-bond donors (Lipinski definition) is 1. The first-order chi connectivity index (χ1) is 6.75. The number of rotatable bonds is 6. The van der Waals surface area contributed by atoms with Gasteiger partial charge < -0.3 is 10.0 Å². The maximum atomic E-state index is 11.5. The highest BCUT2D eigenvalue weighted by Crippen LogP contribution is 2.18. The fourth-order valence-electron chi connectivity index (χ4n) is 1.37. The van der Waals surface area contributed by atoms with Gasteiger partial charge in [0.2, 0.25) is 5.91 Å². The largest absolute Gasteiger partial charge is 0.396 e. The Morgan fingerprint density at radius 3 is 2.93 bits per heavy atom. The van der Waals surface area contributed by atoms with Gasteiger partial charge in [0.15, 0.2) is 0 Å². The molecule has 1 fully saturated rings. The molecule has 0 aromatic carbocycles. The second-order valence-electron chi connectivity index (χ2n) is 3.27. The number of thioether (sulfide) groups is 1. The molecule has 82 valence electrons. The monoisotopic (exact) mass is 281 g/mol. The molecule has 0 spiro atoms. The summed E-state index contributed by atoms with van der Waals surface area (Å²) in [5.41, 5.74) is 0. The number of halogens is 1. The molecule has 0 aromatic heterocycles. The molecule has 1 heterocycles. The van der Waals surface area contributed by atoms with Crippen molar-refractivity contribution in [2.75, 3.05) is 31.2 Å². The predicted octanol–water partition coefficient (Wildman–Crippen LogP) is 1.10. The SMILES string of the molecule is O=C1C(Br)CCN1CCSCCCO. The van der Waals surface area contributed by atoms with E-state index < -0.39 is 0 Å². The van der Waals surface area contributed by atoms with Crippen LogP contribution in [0.4, 0.5) is 0 Å². The van der Waals surface area contributed by atoms with Gasteiger partial charge in [-0.1, -0.05) is 15.9 Å². The third kappa shape index (κ3) is 3.79. The maximum absolute atomic E-state index is 11.5. The summed E-state index contributed by atoms with van der Waals surface area (Å²) in [7, 11) is 0. The van der Waals surface area contributed by atoms with Crippen molar-refractivity contribution < 1.29 is 9.90 Å². The van der Waals surface area contributed by atoms with Gasteiger partial charge in [0, 0.05) is 25.4 Å². The van der Waals surface area contributed by atoms with Crippen LogP contribution in [-0.4, -0.2) is 51.9 Å². The maximum Gasteiger partial charge on any atom is 0.236 e. The molecule has 1 amide bonds. The molecule has 3 nitrogen and oxygen atoms in total. The Morgan fingerprint density at radius 2 is 2.36 bits per heavy atom. The Hall–Kier alpha value is 0.260. The van der Waals surface area contributed by atoms with E-state index in [1.807, 2.05) is 4.90 Å². The second-order valence-corrected chi connectivity index (χ2v) is 5.60. The van der Waals surface area contributed by atoms with E-state index in [2.05, 4.69) is 15.9 Å². The number of nitrogens with zero attached hydrogens (tertiary/aromatic N) is 1. The molecule has 1 unspecified atom stereocenters. The smallest absolute Gasteiger partial charge is 0.236 e. The Balaban J connectivity index is 2.04. The summed E-state index contributed by atoms with van der Waals surface area (Å²) < 4.78 is 0. The first-order valence-electron chi connectivity index (χ1n) is 4.87. The number of carbonyl (C=O) groups excluding carboxylic acids is 1. The molecule has 1 aliphatic rings. The van der Waals surface area contributed by atoms with Crippen LogP contribution in [0, 0.1) is 0 Å². The van der Waals surface area contributed by atoms with Crippen molar-refractivity contribution in [3.05, 3.63) is 0 Å². The van der Waals surface area contributed by atoms with Gasteiger partial charge in [-0.15, -0.1) is 0 Å². The van der Waals surface area contributed by atoms with Gasteiger partial charge in [0.1, 0.15) is 0 Å². The second kappa shape index (κ2) is 6.69. The quantitative estimate of drug-likeness (QED) is 0.586. The minimum Gasteiger partial charge on any atom is -0.396 e. The molecule has 1 atom stereocenters. The highest BCUT2D eigenvalue weighted by Gasteiger charge is 2.28. The molecular weight excluding hydrogens is 266 g/mol. The van der Waals surface area contributed by atoms with Crippen LogP contribution in [0.25, 0.3) is 0 Å². The molecule has 1 aliphatic heterocycles. The number of carbonyl (C=O) groups is 1. The summed E-state index contributed by atoms with van der Waals surface area (Å²) in [5.74, 6) is 2.19. The zero-order chi connectivity index (χ0) is 10.4. The van der Waals surface area contributed by atoms with E-state index in [1.54, 1.807) is 11.8 Å². The van der Waals surface area contributed by atoms with Crippen molar-refractivity contribution in [3.8, 4) is 0 Å². The summed E-state index contributed by atoms with van der Waals surface area (Å²) in [4.78, 5) is 13.4. The summed E-state index contributed by atoms with van der Waals surface area (Å²) in [6.45, 7) is 1.99. The van der Waals surface area contributed by atoms with Crippen LogP contribution < -0.4 is 0 Å². The number of aliphatic hydroxyl groups is 1. The van der Waals surface area contributed by atoms with Crippen LogP contribution in [0.15, 0.2) is 0 Å². The molecule has 1 N–H and O–H groups in total. The van der Waals surface area contributed by atoms with Crippen LogP contribution in [-0.2, 0) is 4.79 Å². The molecule has 0 aromatic rings. The van der Waals surface area contributed by atoms with Crippen LogP contribution in [0.3, 0.4) is 0 Å². The van der Waals surface area contributed by atoms with E-state index in [-0.39, 0.29) is 17.3 Å². The number of aliphatic hydroxyl groups excluding tert-OH is 1. The first kappa shape index (κ1) is 12.3. The zero-order valence-electron chi connectivity index (χ0n) is 8.12. The van der Waals surface area contributed by atoms with E-state index in [0.717, 1.165) is 37.4 Å². The van der Waals surface area contributed by atoms with E-state index in [0.29, 0.717) is 0 Å². The van der Waals surface area contributed by atoms with Crippen molar-refractivity contribution >= 4 is 33.6 Å². The van der Waals surface area contributed by atoms with Gasteiger partial charge in [-0.2, -0.15) is 11.8 Å². The Morgan fingerprint density at radius 1 is 1.57 bits per heavy atom. The van der Waals surface area contributed by atoms with Gasteiger partial charge in [-0.05, 0) is 18.6 Å². The van der Waals surface area contributed by atoms with E-state index >= 15 is 0 Å². The van der Waals surface area contributed by atoms with Crippen LogP contribution in [0.5, 0.6) is 0 Å². The summed E-state index contributed by atoms with van der Waals surface area (Å²) in [6.07, 6.45) is 1.78. The van der Waals surface area contributed by atoms with Crippen molar-refractivity contribution in [1.29, 1.82) is 0 Å². The lowest BCUT2D eigenvalue weighted by molar-refractivity contribution is -0.126. The number of hydrogen-bond acceptors (Lipinski definition) is 3. The van der Waals surface area contributed by atoms with Gasteiger partial charge in [0.25, 0.3) is 0 Å². The number of alkyl halides is 1. The molecule has 1 rings (SSSR count). The molecule has 14 heavy (non-hydrogen) atoms. The molecule has 0 aliphatic carbocycles. The van der Waals surface area contributed by atoms with Crippen LogP contribution in [0.1, 0.15) is 12.8 Å². The fraction of sp³-hybridized carbons (Fsp3) is 0.889. The highest BCUT2D eigenvalue weighted by molar-refractivity contribution is 9.10. The van der Waals surface area contributed by atoms with Crippen molar-refractivity contribution in [2.45, 2.75) is 17.7 Å². The summed E-state index contributed by atoms with van der Waals surface area (Å²) in [6, 6.07) is 0. The molecule has 0 bridgehead atoms. The average molecular weight is 282 g/mol. The van der Waals surface area contributed by atoms with Gasteiger partial charge in [0.05, 0.1) is 4.83 Å². The van der Waals surface area contributed by atoms with Crippen LogP contribution >= 0.6 is 27.7 Å². The van der Waals surface area contributed by atoms with Crippen LogP contribution in [0.2, 0.25) is 0 Å². The van der Waals surface area contributed by atoms with Crippen molar-refractivity contribution in [3.63, 3.8) is 0 Å². The lowest BCUT2D eigenvalue weighted by Gasteiger charge is -2.14. The number of amides is 1. The molecule has 0 saturated carbocycles. The van der Waals surface area contributed by atoms with Gasteiger partial charge in [-0.25, -0.2) is 0 Å². The molecule has 0 radical (unpaired) electrons. The lowest BCUT2D eigenvalue weighted by atomic mass is 10.4. The third-order valence-corrected chi connectivity index (χ3v) is 4.08. The highest BCUT2D eigenvalue weighted by atomic mass is 79.9. The van der Waals surface area contributed by atoms with Crippen molar-refractivity contribution in [2.24, 2.45) is 0 Å². The third-order valence-electron chi connectivity index (χ3n) is 2.18. The average Bonchev–Trinajstić information content (AvgIpc) is 2.49. The normalized spacial score (nSPS) is 22.0. The van der Waals surface area contributed by atoms with Gasteiger partial charge >= 0.3 is 0 Å². The lowest BCUT2D eigenvalue weighted by Crippen LogP contribution is -2.29. The van der Waals surface area contributed by atoms with Gasteiger partial charge in [-0.3, -0.25) is 4.79 Å². The Kier molecular flexibility index (Phi) is 5.89. The Labute approximate surface area is 97.4 Å². The minimum absolute atomic E-state index is 0.0462. The fourth-order valence-corrected chi connectivity index (χ4v) is 2.75. The predicted molar refractivity (Wildman–Crippen MR) is 62.9 cm³/mol. The molecule has 1 saturated heterocycles. The standard InChI is InChI=1S/C9H16BrNO2S/c10-8-2-3-11(9(8)13)4-7-14-6-1-5-12/h8,12H,1-7H2. The zero-order valence-corrected chi connectivity index (χ0v) is 10.5.